The fourth-order valence-corrected chi connectivity index (χ4v) is 1.82. The number of likely N-dealkylation sites (tertiary alicyclic amines) is 1. The van der Waals surface area contributed by atoms with Crippen molar-refractivity contribution in [2.24, 2.45) is 0 Å². The van der Waals surface area contributed by atoms with Crippen LogP contribution in [0, 0.1) is 6.20 Å². The second kappa shape index (κ2) is 4.38. The van der Waals surface area contributed by atoms with Crippen LogP contribution < -0.4 is 0 Å². The molecule has 1 aliphatic rings. The van der Waals surface area contributed by atoms with E-state index in [1.807, 2.05) is 12.3 Å². The quantitative estimate of drug-likeness (QED) is 0.682. The Morgan fingerprint density at radius 2 is 2.15 bits per heavy atom. The summed E-state index contributed by atoms with van der Waals surface area (Å²) in [6.45, 7) is 3.57. The summed E-state index contributed by atoms with van der Waals surface area (Å²) >= 11 is 0. The number of nitrogens with zero attached hydrogens (tertiary/aromatic N) is 2. The first-order valence-electron chi connectivity index (χ1n) is 4.98. The van der Waals surface area contributed by atoms with Gasteiger partial charge in [-0.1, -0.05) is 6.42 Å². The summed E-state index contributed by atoms with van der Waals surface area (Å²) in [5.41, 5.74) is 1.33. The van der Waals surface area contributed by atoms with Gasteiger partial charge in [-0.15, -0.1) is 0 Å². The normalized spacial score (nSPS) is 18.8. The molecule has 1 saturated heterocycles. The zero-order valence-electron chi connectivity index (χ0n) is 7.87. The van der Waals surface area contributed by atoms with E-state index in [4.69, 9.17) is 0 Å². The van der Waals surface area contributed by atoms with Crippen LogP contribution in [0.1, 0.15) is 24.8 Å². The van der Waals surface area contributed by atoms with Crippen molar-refractivity contribution in [2.75, 3.05) is 13.1 Å². The fraction of sp³-hybridized carbons (Fsp3) is 0.545. The molecule has 0 saturated carbocycles. The predicted molar refractivity (Wildman–Crippen MR) is 52.2 cm³/mol. The molecule has 1 fully saturated rings. The van der Waals surface area contributed by atoms with Crippen LogP contribution in [-0.2, 0) is 6.54 Å². The van der Waals surface area contributed by atoms with Gasteiger partial charge >= 0.3 is 0 Å². The van der Waals surface area contributed by atoms with Gasteiger partial charge in [0.1, 0.15) is 0 Å². The minimum Gasteiger partial charge on any atom is -0.299 e. The molecule has 1 aromatic heterocycles. The van der Waals surface area contributed by atoms with Crippen molar-refractivity contribution in [2.45, 2.75) is 25.8 Å². The topological polar surface area (TPSA) is 16.1 Å². The largest absolute Gasteiger partial charge is 0.299 e. The monoisotopic (exact) mass is 175 g/mol. The van der Waals surface area contributed by atoms with E-state index >= 15 is 0 Å². The van der Waals surface area contributed by atoms with E-state index in [0.29, 0.717) is 0 Å². The molecule has 0 N–H and O–H groups in total. The highest BCUT2D eigenvalue weighted by Gasteiger charge is 2.09. The molecule has 1 aliphatic heterocycles. The van der Waals surface area contributed by atoms with Gasteiger partial charge in [-0.25, -0.2) is 0 Å². The van der Waals surface area contributed by atoms with Crippen LogP contribution in [-0.4, -0.2) is 23.0 Å². The van der Waals surface area contributed by atoms with Crippen molar-refractivity contribution < 1.29 is 0 Å². The average Bonchev–Trinajstić information content (AvgIpc) is 2.21. The summed E-state index contributed by atoms with van der Waals surface area (Å²) in [7, 11) is 0. The highest BCUT2D eigenvalue weighted by atomic mass is 15.1. The summed E-state index contributed by atoms with van der Waals surface area (Å²) in [6.07, 6.45) is 8.81. The fourth-order valence-electron chi connectivity index (χ4n) is 1.82. The lowest BCUT2D eigenvalue weighted by Gasteiger charge is -2.26. The molecule has 2 nitrogen and oxygen atoms in total. The maximum Gasteiger partial charge on any atom is 0.0889 e. The van der Waals surface area contributed by atoms with Crippen LogP contribution in [0.25, 0.3) is 0 Å². The predicted octanol–water partition coefficient (Wildman–Crippen LogP) is 1.87. The van der Waals surface area contributed by atoms with E-state index in [1.165, 1.54) is 37.9 Å². The maximum absolute atomic E-state index is 3.89. The van der Waals surface area contributed by atoms with Crippen molar-refractivity contribution in [1.82, 2.24) is 9.88 Å². The van der Waals surface area contributed by atoms with Gasteiger partial charge in [0.05, 0.1) is 6.20 Å². The van der Waals surface area contributed by atoms with Crippen LogP contribution in [0.15, 0.2) is 18.3 Å². The second-order valence-electron chi connectivity index (χ2n) is 3.63. The molecule has 1 aromatic rings. The highest BCUT2D eigenvalue weighted by molar-refractivity contribution is 5.08. The zero-order chi connectivity index (χ0) is 8.93. The first kappa shape index (κ1) is 8.70. The van der Waals surface area contributed by atoms with Gasteiger partial charge in [-0.3, -0.25) is 9.88 Å². The maximum atomic E-state index is 3.89. The SMILES string of the molecule is [c]1cc(CN2CCCCC2)ccn1. The van der Waals surface area contributed by atoms with E-state index in [2.05, 4.69) is 22.1 Å². The molecular weight excluding hydrogens is 160 g/mol. The van der Waals surface area contributed by atoms with Gasteiger partial charge in [0.15, 0.2) is 0 Å². The summed E-state index contributed by atoms with van der Waals surface area (Å²) in [6, 6.07) is 4.06. The van der Waals surface area contributed by atoms with Crippen LogP contribution in [0.2, 0.25) is 0 Å². The standard InChI is InChI=1S/C11H15N2/c1-2-8-13(9-3-1)10-11-4-6-12-7-5-11/h4-6H,1-3,8-10H2. The minimum absolute atomic E-state index is 1.07. The molecule has 0 amide bonds. The van der Waals surface area contributed by atoms with Gasteiger partial charge in [0.2, 0.25) is 0 Å². The van der Waals surface area contributed by atoms with E-state index in [0.717, 1.165) is 6.54 Å². The summed E-state index contributed by atoms with van der Waals surface area (Å²) in [4.78, 5) is 6.40. The van der Waals surface area contributed by atoms with Crippen LogP contribution in [0.4, 0.5) is 0 Å². The Morgan fingerprint density at radius 3 is 2.85 bits per heavy atom. The third-order valence-corrected chi connectivity index (χ3v) is 2.54. The van der Waals surface area contributed by atoms with E-state index in [9.17, 15) is 0 Å². The van der Waals surface area contributed by atoms with E-state index < -0.39 is 0 Å². The molecule has 2 heterocycles. The molecule has 2 heteroatoms. The number of rotatable bonds is 2. The number of hydrogen-bond donors (Lipinski definition) is 0. The summed E-state index contributed by atoms with van der Waals surface area (Å²) in [5.74, 6) is 0. The molecule has 0 atom stereocenters. The van der Waals surface area contributed by atoms with Crippen LogP contribution >= 0.6 is 0 Å². The Kier molecular flexibility index (Phi) is 2.93. The van der Waals surface area contributed by atoms with Gasteiger partial charge < -0.3 is 0 Å². The van der Waals surface area contributed by atoms with Crippen molar-refractivity contribution in [3.63, 3.8) is 0 Å². The summed E-state index contributed by atoms with van der Waals surface area (Å²) in [5, 5.41) is 0. The molecular formula is C11H15N2. The molecule has 0 unspecified atom stereocenters. The van der Waals surface area contributed by atoms with Crippen molar-refractivity contribution in [3.05, 3.63) is 30.1 Å². The molecule has 0 aliphatic carbocycles. The Morgan fingerprint density at radius 1 is 1.31 bits per heavy atom. The molecule has 13 heavy (non-hydrogen) atoms. The first-order chi connectivity index (χ1) is 6.45. The molecule has 0 aromatic carbocycles. The molecule has 0 spiro atoms. The Hall–Kier alpha value is -0.890. The van der Waals surface area contributed by atoms with E-state index in [1.54, 1.807) is 0 Å². The number of hydrogen-bond acceptors (Lipinski definition) is 2. The van der Waals surface area contributed by atoms with Gasteiger partial charge in [0, 0.05) is 12.7 Å². The number of aromatic nitrogens is 1. The van der Waals surface area contributed by atoms with Gasteiger partial charge in [-0.05, 0) is 43.6 Å². The van der Waals surface area contributed by atoms with Crippen molar-refractivity contribution >= 4 is 0 Å². The summed E-state index contributed by atoms with van der Waals surface area (Å²) < 4.78 is 0. The zero-order valence-corrected chi connectivity index (χ0v) is 7.87. The molecule has 1 radical (unpaired) electrons. The third-order valence-electron chi connectivity index (χ3n) is 2.54. The molecule has 69 valence electrons. The van der Waals surface area contributed by atoms with Crippen LogP contribution in [0.5, 0.6) is 0 Å². The third kappa shape index (κ3) is 2.52. The lowest BCUT2D eigenvalue weighted by molar-refractivity contribution is 0.221. The van der Waals surface area contributed by atoms with Gasteiger partial charge in [0.25, 0.3) is 0 Å². The van der Waals surface area contributed by atoms with Gasteiger partial charge in [-0.2, -0.15) is 0 Å². The Labute approximate surface area is 79.6 Å². The number of piperidine rings is 1. The number of pyridine rings is 1. The highest BCUT2D eigenvalue weighted by Crippen LogP contribution is 2.11. The second-order valence-corrected chi connectivity index (χ2v) is 3.63. The lowest BCUT2D eigenvalue weighted by Crippen LogP contribution is -2.29. The smallest absolute Gasteiger partial charge is 0.0889 e. The molecule has 2 rings (SSSR count). The van der Waals surface area contributed by atoms with Crippen molar-refractivity contribution in [1.29, 1.82) is 0 Å². The minimum atomic E-state index is 1.07. The van der Waals surface area contributed by atoms with E-state index in [-0.39, 0.29) is 0 Å². The van der Waals surface area contributed by atoms with Crippen LogP contribution in [0.3, 0.4) is 0 Å². The Bertz CT molecular complexity index is 240. The first-order valence-corrected chi connectivity index (χ1v) is 4.98. The van der Waals surface area contributed by atoms with Crippen molar-refractivity contribution in [3.8, 4) is 0 Å². The Balaban J connectivity index is 1.90. The lowest BCUT2D eigenvalue weighted by atomic mass is 10.1. The average molecular weight is 175 g/mol. The molecule has 0 bridgehead atoms.